The van der Waals surface area contributed by atoms with Crippen molar-refractivity contribution in [2.75, 3.05) is 45.1 Å². The summed E-state index contributed by atoms with van der Waals surface area (Å²) < 4.78 is 33.6. The third-order valence-electron chi connectivity index (χ3n) is 4.13. The van der Waals surface area contributed by atoms with E-state index in [2.05, 4.69) is 10.00 Å². The average Bonchev–Trinajstić information content (AvgIpc) is 3.07. The van der Waals surface area contributed by atoms with E-state index < -0.39 is 10.0 Å². The maximum absolute atomic E-state index is 12.6. The molecule has 2 saturated heterocycles. The minimum Gasteiger partial charge on any atom is -0.381 e. The molecular formula is C12H21N5O3S. The summed E-state index contributed by atoms with van der Waals surface area (Å²) in [7, 11) is -1.89. The molecule has 21 heavy (non-hydrogen) atoms. The maximum atomic E-state index is 12.6. The van der Waals surface area contributed by atoms with E-state index in [1.807, 2.05) is 0 Å². The molecule has 8 nitrogen and oxygen atoms in total. The summed E-state index contributed by atoms with van der Waals surface area (Å²) in [5, 5.41) is 3.92. The first-order valence-electron chi connectivity index (χ1n) is 7.09. The molecule has 118 valence electrons. The van der Waals surface area contributed by atoms with Gasteiger partial charge in [-0.25, -0.2) is 8.42 Å². The molecule has 2 aliphatic rings. The quantitative estimate of drug-likeness (QED) is 0.777. The summed E-state index contributed by atoms with van der Waals surface area (Å²) in [6.07, 6.45) is 2.31. The Morgan fingerprint density at radius 3 is 2.67 bits per heavy atom. The number of ether oxygens (including phenoxy) is 1. The summed E-state index contributed by atoms with van der Waals surface area (Å²) in [6, 6.07) is 0.265. The van der Waals surface area contributed by atoms with Crippen molar-refractivity contribution < 1.29 is 13.2 Å². The molecule has 0 aromatic carbocycles. The Hall–Kier alpha value is -1.16. The van der Waals surface area contributed by atoms with Gasteiger partial charge in [-0.2, -0.15) is 9.40 Å². The number of nitrogens with zero attached hydrogens (tertiary/aromatic N) is 4. The van der Waals surface area contributed by atoms with E-state index in [4.69, 9.17) is 10.5 Å². The van der Waals surface area contributed by atoms with Crippen LogP contribution in [0.2, 0.25) is 0 Å². The fraction of sp³-hybridized carbons (Fsp3) is 0.750. The van der Waals surface area contributed by atoms with Crippen LogP contribution in [0, 0.1) is 0 Å². The molecule has 3 heterocycles. The van der Waals surface area contributed by atoms with Crippen LogP contribution < -0.4 is 5.73 Å². The number of anilines is 1. The second kappa shape index (κ2) is 5.56. The van der Waals surface area contributed by atoms with Gasteiger partial charge in [0.25, 0.3) is 0 Å². The van der Waals surface area contributed by atoms with Crippen LogP contribution in [0.4, 0.5) is 5.82 Å². The molecule has 9 heteroatoms. The van der Waals surface area contributed by atoms with E-state index in [0.717, 1.165) is 32.7 Å². The van der Waals surface area contributed by atoms with Crippen LogP contribution in [0.25, 0.3) is 0 Å². The molecule has 2 aliphatic heterocycles. The zero-order valence-corrected chi connectivity index (χ0v) is 12.9. The van der Waals surface area contributed by atoms with Gasteiger partial charge in [-0.3, -0.25) is 9.58 Å². The lowest BCUT2D eigenvalue weighted by Gasteiger charge is -2.32. The van der Waals surface area contributed by atoms with E-state index in [1.165, 1.54) is 15.2 Å². The van der Waals surface area contributed by atoms with Crippen LogP contribution in [0.3, 0.4) is 0 Å². The SMILES string of the molecule is Cn1cc(S(=O)(=O)N2CCC(N3CCOCC3)C2)c(N)n1. The Labute approximate surface area is 124 Å². The minimum absolute atomic E-state index is 0.0623. The number of aryl methyl sites for hydroxylation is 1. The van der Waals surface area contributed by atoms with Crippen molar-refractivity contribution in [1.29, 1.82) is 0 Å². The zero-order valence-electron chi connectivity index (χ0n) is 12.1. The molecule has 0 aliphatic carbocycles. The predicted octanol–water partition coefficient (Wildman–Crippen LogP) is -0.902. The van der Waals surface area contributed by atoms with E-state index in [9.17, 15) is 8.42 Å². The van der Waals surface area contributed by atoms with Crippen LogP contribution in [0.5, 0.6) is 0 Å². The highest BCUT2D eigenvalue weighted by atomic mass is 32.2. The molecule has 1 aromatic rings. The number of nitrogens with two attached hydrogens (primary N) is 1. The van der Waals surface area contributed by atoms with Gasteiger partial charge < -0.3 is 10.5 Å². The Balaban J connectivity index is 1.74. The molecule has 0 radical (unpaired) electrons. The largest absolute Gasteiger partial charge is 0.381 e. The number of morpholine rings is 1. The van der Waals surface area contributed by atoms with Gasteiger partial charge in [-0.1, -0.05) is 0 Å². The first-order chi connectivity index (χ1) is 9.98. The lowest BCUT2D eigenvalue weighted by Crippen LogP contribution is -2.45. The normalized spacial score (nSPS) is 25.5. The summed E-state index contributed by atoms with van der Waals surface area (Å²) >= 11 is 0. The Bertz CT molecular complexity index is 608. The Morgan fingerprint density at radius 2 is 2.05 bits per heavy atom. The zero-order chi connectivity index (χ0) is 15.0. The highest BCUT2D eigenvalue weighted by molar-refractivity contribution is 7.89. The average molecular weight is 315 g/mol. The third kappa shape index (κ3) is 2.78. The predicted molar refractivity (Wildman–Crippen MR) is 77.2 cm³/mol. The number of aromatic nitrogens is 2. The first-order valence-corrected chi connectivity index (χ1v) is 8.53. The maximum Gasteiger partial charge on any atom is 0.248 e. The van der Waals surface area contributed by atoms with Crippen LogP contribution >= 0.6 is 0 Å². The number of hydrogen-bond donors (Lipinski definition) is 1. The Morgan fingerprint density at radius 1 is 1.33 bits per heavy atom. The van der Waals surface area contributed by atoms with Crippen molar-refractivity contribution in [3.05, 3.63) is 6.20 Å². The van der Waals surface area contributed by atoms with Gasteiger partial charge in [0.1, 0.15) is 4.90 Å². The van der Waals surface area contributed by atoms with Crippen molar-refractivity contribution in [2.45, 2.75) is 17.4 Å². The summed E-state index contributed by atoms with van der Waals surface area (Å²) in [5.74, 6) is 0.0623. The molecular weight excluding hydrogens is 294 g/mol. The smallest absolute Gasteiger partial charge is 0.248 e. The molecule has 0 spiro atoms. The first kappa shape index (κ1) is 14.8. The third-order valence-corrected chi connectivity index (χ3v) is 6.01. The molecule has 0 amide bonds. The topological polar surface area (TPSA) is 93.7 Å². The second-order valence-electron chi connectivity index (χ2n) is 5.51. The molecule has 1 aromatic heterocycles. The lowest BCUT2D eigenvalue weighted by molar-refractivity contribution is 0.0197. The number of sulfonamides is 1. The van der Waals surface area contributed by atoms with Gasteiger partial charge in [-0.15, -0.1) is 0 Å². The molecule has 2 fully saturated rings. The summed E-state index contributed by atoms with van der Waals surface area (Å²) in [6.45, 7) is 4.22. The number of hydrogen-bond acceptors (Lipinski definition) is 6. The molecule has 0 saturated carbocycles. The van der Waals surface area contributed by atoms with E-state index in [0.29, 0.717) is 13.1 Å². The van der Waals surface area contributed by atoms with Gasteiger partial charge in [0, 0.05) is 45.5 Å². The molecule has 1 atom stereocenters. The number of nitrogen functional groups attached to an aromatic ring is 1. The highest BCUT2D eigenvalue weighted by Crippen LogP contribution is 2.26. The van der Waals surface area contributed by atoms with Crippen LogP contribution in [0.1, 0.15) is 6.42 Å². The van der Waals surface area contributed by atoms with Gasteiger partial charge in [0.2, 0.25) is 10.0 Å². The summed E-state index contributed by atoms with van der Waals surface area (Å²) in [4.78, 5) is 2.42. The Kier molecular flexibility index (Phi) is 3.91. The number of rotatable bonds is 3. The second-order valence-corrected chi connectivity index (χ2v) is 7.41. The van der Waals surface area contributed by atoms with Crippen LogP contribution in [-0.2, 0) is 21.8 Å². The van der Waals surface area contributed by atoms with Crippen molar-refractivity contribution in [3.8, 4) is 0 Å². The molecule has 2 N–H and O–H groups in total. The molecule has 1 unspecified atom stereocenters. The van der Waals surface area contributed by atoms with Gasteiger partial charge in [0.05, 0.1) is 13.2 Å². The van der Waals surface area contributed by atoms with E-state index >= 15 is 0 Å². The van der Waals surface area contributed by atoms with Crippen LogP contribution in [-0.4, -0.2) is 72.8 Å². The van der Waals surface area contributed by atoms with Crippen molar-refractivity contribution >= 4 is 15.8 Å². The van der Waals surface area contributed by atoms with Crippen molar-refractivity contribution in [1.82, 2.24) is 19.0 Å². The molecule has 3 rings (SSSR count). The van der Waals surface area contributed by atoms with Gasteiger partial charge in [-0.05, 0) is 6.42 Å². The van der Waals surface area contributed by atoms with Gasteiger partial charge in [0.15, 0.2) is 5.82 Å². The summed E-state index contributed by atoms with van der Waals surface area (Å²) in [5.41, 5.74) is 5.71. The minimum atomic E-state index is -3.55. The lowest BCUT2D eigenvalue weighted by atomic mass is 10.2. The fourth-order valence-corrected chi connectivity index (χ4v) is 4.57. The van der Waals surface area contributed by atoms with E-state index in [-0.39, 0.29) is 16.8 Å². The van der Waals surface area contributed by atoms with Crippen LogP contribution in [0.15, 0.2) is 11.1 Å². The van der Waals surface area contributed by atoms with Crippen molar-refractivity contribution in [2.24, 2.45) is 7.05 Å². The van der Waals surface area contributed by atoms with E-state index in [1.54, 1.807) is 7.05 Å². The standard InChI is InChI=1S/C12H21N5O3S/c1-15-9-11(12(13)14-15)21(18,19)17-3-2-10(8-17)16-4-6-20-7-5-16/h9-10H,2-8H2,1H3,(H2,13,14). The highest BCUT2D eigenvalue weighted by Gasteiger charge is 2.37. The fourth-order valence-electron chi connectivity index (χ4n) is 2.99. The monoisotopic (exact) mass is 315 g/mol. The van der Waals surface area contributed by atoms with Gasteiger partial charge >= 0.3 is 0 Å². The van der Waals surface area contributed by atoms with Crippen molar-refractivity contribution in [3.63, 3.8) is 0 Å². The molecule has 0 bridgehead atoms.